The quantitative estimate of drug-likeness (QED) is 0.888. The Morgan fingerprint density at radius 2 is 2.27 bits per heavy atom. The summed E-state index contributed by atoms with van der Waals surface area (Å²) < 4.78 is 5.20. The van der Waals surface area contributed by atoms with E-state index in [1.807, 2.05) is 18.2 Å². The van der Waals surface area contributed by atoms with Gasteiger partial charge in [-0.2, -0.15) is 0 Å². The van der Waals surface area contributed by atoms with Gasteiger partial charge in [0.15, 0.2) is 5.76 Å². The number of nitrogens with one attached hydrogen (secondary N) is 2. The molecule has 0 spiro atoms. The van der Waals surface area contributed by atoms with Crippen molar-refractivity contribution in [1.29, 1.82) is 0 Å². The summed E-state index contributed by atoms with van der Waals surface area (Å²) in [6.07, 6.45) is 5.22. The number of anilines is 1. The summed E-state index contributed by atoms with van der Waals surface area (Å²) in [5.41, 5.74) is 4.46. The molecule has 0 aliphatic heterocycles. The molecule has 5 heteroatoms. The average molecular weight is 299 g/mol. The third kappa shape index (κ3) is 3.30. The van der Waals surface area contributed by atoms with Crippen molar-refractivity contribution in [2.45, 2.75) is 45.6 Å². The molecule has 1 aliphatic rings. The van der Waals surface area contributed by atoms with Gasteiger partial charge >= 0.3 is 6.03 Å². The molecule has 0 bridgehead atoms. The van der Waals surface area contributed by atoms with Crippen LogP contribution in [0.3, 0.4) is 0 Å². The Bertz CT molecular complexity index is 664. The fourth-order valence-electron chi connectivity index (χ4n) is 2.88. The first-order chi connectivity index (χ1) is 10.8. The van der Waals surface area contributed by atoms with Crippen LogP contribution in [-0.2, 0) is 25.8 Å². The van der Waals surface area contributed by atoms with E-state index >= 15 is 0 Å². The van der Waals surface area contributed by atoms with Gasteiger partial charge in [-0.1, -0.05) is 30.6 Å². The highest BCUT2D eigenvalue weighted by molar-refractivity contribution is 5.90. The van der Waals surface area contributed by atoms with Gasteiger partial charge in [0.1, 0.15) is 0 Å². The van der Waals surface area contributed by atoms with E-state index in [4.69, 9.17) is 4.52 Å². The zero-order chi connectivity index (χ0) is 15.4. The highest BCUT2D eigenvalue weighted by atomic mass is 16.5. The number of amides is 2. The SMILES string of the molecule is CCCc1cc(CNC(=O)Nc2cccc3c2CCC3)on1. The zero-order valence-electron chi connectivity index (χ0n) is 12.8. The molecule has 1 heterocycles. The van der Waals surface area contributed by atoms with E-state index in [2.05, 4.69) is 28.8 Å². The summed E-state index contributed by atoms with van der Waals surface area (Å²) in [5.74, 6) is 0.678. The van der Waals surface area contributed by atoms with Crippen LogP contribution in [0, 0.1) is 0 Å². The van der Waals surface area contributed by atoms with Crippen LogP contribution >= 0.6 is 0 Å². The molecule has 116 valence electrons. The predicted octanol–water partition coefficient (Wildman–Crippen LogP) is 3.44. The van der Waals surface area contributed by atoms with Crippen molar-refractivity contribution in [2.75, 3.05) is 5.32 Å². The molecule has 0 radical (unpaired) electrons. The second kappa shape index (κ2) is 6.64. The lowest BCUT2D eigenvalue weighted by Crippen LogP contribution is -2.28. The number of carbonyl (C=O) groups is 1. The molecule has 3 rings (SSSR count). The molecule has 0 saturated heterocycles. The van der Waals surface area contributed by atoms with E-state index in [0.29, 0.717) is 12.3 Å². The smallest absolute Gasteiger partial charge is 0.319 e. The maximum atomic E-state index is 12.0. The van der Waals surface area contributed by atoms with Crippen LogP contribution in [0.4, 0.5) is 10.5 Å². The largest absolute Gasteiger partial charge is 0.359 e. The van der Waals surface area contributed by atoms with Crippen molar-refractivity contribution < 1.29 is 9.32 Å². The molecule has 1 aromatic heterocycles. The fraction of sp³-hybridized carbons (Fsp3) is 0.412. The Morgan fingerprint density at radius 3 is 3.14 bits per heavy atom. The zero-order valence-corrected chi connectivity index (χ0v) is 12.8. The average Bonchev–Trinajstić information content (AvgIpc) is 3.15. The van der Waals surface area contributed by atoms with E-state index in [1.54, 1.807) is 0 Å². The van der Waals surface area contributed by atoms with Gasteiger partial charge in [0.2, 0.25) is 0 Å². The van der Waals surface area contributed by atoms with Crippen molar-refractivity contribution in [1.82, 2.24) is 10.5 Å². The van der Waals surface area contributed by atoms with Crippen LogP contribution in [0.1, 0.15) is 42.3 Å². The summed E-state index contributed by atoms with van der Waals surface area (Å²) in [6.45, 7) is 2.44. The maximum absolute atomic E-state index is 12.0. The van der Waals surface area contributed by atoms with Crippen molar-refractivity contribution in [3.8, 4) is 0 Å². The number of nitrogens with zero attached hydrogens (tertiary/aromatic N) is 1. The van der Waals surface area contributed by atoms with E-state index < -0.39 is 0 Å². The minimum absolute atomic E-state index is 0.214. The molecule has 1 aliphatic carbocycles. The third-order valence-electron chi connectivity index (χ3n) is 3.93. The molecule has 0 saturated carbocycles. The molecule has 1 aromatic carbocycles. The summed E-state index contributed by atoms with van der Waals surface area (Å²) in [7, 11) is 0. The van der Waals surface area contributed by atoms with Gasteiger partial charge in [0.05, 0.1) is 12.2 Å². The Balaban J connectivity index is 1.55. The number of carbonyl (C=O) groups excluding carboxylic acids is 1. The Hall–Kier alpha value is -2.30. The number of aryl methyl sites for hydroxylation is 2. The minimum Gasteiger partial charge on any atom is -0.359 e. The molecule has 2 aromatic rings. The van der Waals surface area contributed by atoms with Crippen LogP contribution in [0.5, 0.6) is 0 Å². The van der Waals surface area contributed by atoms with Gasteiger partial charge in [-0.05, 0) is 42.9 Å². The fourth-order valence-corrected chi connectivity index (χ4v) is 2.88. The van der Waals surface area contributed by atoms with Crippen molar-refractivity contribution in [2.24, 2.45) is 0 Å². The molecule has 22 heavy (non-hydrogen) atoms. The minimum atomic E-state index is -0.214. The van der Waals surface area contributed by atoms with E-state index in [-0.39, 0.29) is 6.03 Å². The summed E-state index contributed by atoms with van der Waals surface area (Å²) in [4.78, 5) is 12.0. The Kier molecular flexibility index (Phi) is 4.42. The normalized spacial score (nSPS) is 13.0. The second-order valence-electron chi connectivity index (χ2n) is 5.64. The first kappa shape index (κ1) is 14.6. The Labute approximate surface area is 130 Å². The van der Waals surface area contributed by atoms with Gasteiger partial charge in [-0.3, -0.25) is 0 Å². The molecule has 0 atom stereocenters. The molecule has 2 N–H and O–H groups in total. The molecule has 0 unspecified atom stereocenters. The number of hydrogen-bond acceptors (Lipinski definition) is 3. The molecule has 5 nitrogen and oxygen atoms in total. The van der Waals surface area contributed by atoms with Crippen molar-refractivity contribution in [3.63, 3.8) is 0 Å². The van der Waals surface area contributed by atoms with Crippen LogP contribution in [-0.4, -0.2) is 11.2 Å². The topological polar surface area (TPSA) is 67.2 Å². The summed E-state index contributed by atoms with van der Waals surface area (Å²) in [5, 5.41) is 9.71. The first-order valence-corrected chi connectivity index (χ1v) is 7.86. The predicted molar refractivity (Wildman–Crippen MR) is 84.8 cm³/mol. The van der Waals surface area contributed by atoms with Crippen molar-refractivity contribution >= 4 is 11.7 Å². The van der Waals surface area contributed by atoms with E-state index in [0.717, 1.165) is 43.5 Å². The van der Waals surface area contributed by atoms with Crippen LogP contribution in [0.25, 0.3) is 0 Å². The van der Waals surface area contributed by atoms with Crippen LogP contribution < -0.4 is 10.6 Å². The van der Waals surface area contributed by atoms with E-state index in [1.165, 1.54) is 11.1 Å². The molecular weight excluding hydrogens is 278 g/mol. The lowest BCUT2D eigenvalue weighted by molar-refractivity contribution is 0.250. The van der Waals surface area contributed by atoms with Crippen molar-refractivity contribution in [3.05, 3.63) is 46.8 Å². The second-order valence-corrected chi connectivity index (χ2v) is 5.64. The molecule has 0 fully saturated rings. The van der Waals surface area contributed by atoms with Gasteiger partial charge in [-0.25, -0.2) is 4.79 Å². The van der Waals surface area contributed by atoms with E-state index in [9.17, 15) is 4.79 Å². The van der Waals surface area contributed by atoms with Crippen LogP contribution in [0.15, 0.2) is 28.8 Å². The maximum Gasteiger partial charge on any atom is 0.319 e. The lowest BCUT2D eigenvalue weighted by atomic mass is 10.1. The molecular formula is C17H21N3O2. The lowest BCUT2D eigenvalue weighted by Gasteiger charge is -2.10. The number of fused-ring (bicyclic) bond motifs is 1. The highest BCUT2D eigenvalue weighted by Gasteiger charge is 2.15. The monoisotopic (exact) mass is 299 g/mol. The number of rotatable bonds is 5. The Morgan fingerprint density at radius 1 is 1.36 bits per heavy atom. The van der Waals surface area contributed by atoms with Crippen LogP contribution in [0.2, 0.25) is 0 Å². The van der Waals surface area contributed by atoms with Gasteiger partial charge < -0.3 is 15.2 Å². The number of urea groups is 1. The third-order valence-corrected chi connectivity index (χ3v) is 3.93. The van der Waals surface area contributed by atoms with Gasteiger partial charge in [0, 0.05) is 11.8 Å². The number of hydrogen-bond donors (Lipinski definition) is 2. The summed E-state index contributed by atoms with van der Waals surface area (Å²) >= 11 is 0. The number of aromatic nitrogens is 1. The molecule has 2 amide bonds. The van der Waals surface area contributed by atoms with Gasteiger partial charge in [-0.15, -0.1) is 0 Å². The van der Waals surface area contributed by atoms with Gasteiger partial charge in [0.25, 0.3) is 0 Å². The first-order valence-electron chi connectivity index (χ1n) is 7.86. The standard InChI is InChI=1S/C17H21N3O2/c1-2-5-13-10-14(22-20-13)11-18-17(21)19-16-9-4-7-12-6-3-8-15(12)16/h4,7,9-10H,2-3,5-6,8,11H2,1H3,(H2,18,19,21). The number of benzene rings is 1. The highest BCUT2D eigenvalue weighted by Crippen LogP contribution is 2.28. The summed E-state index contributed by atoms with van der Waals surface area (Å²) in [6, 6.07) is 7.76.